The molecule has 78 valence electrons. The highest BCUT2D eigenvalue weighted by Gasteiger charge is 2.13. The van der Waals surface area contributed by atoms with Gasteiger partial charge < -0.3 is 10.4 Å². The summed E-state index contributed by atoms with van der Waals surface area (Å²) in [4.78, 5) is 0. The Balaban J connectivity index is 2.03. The van der Waals surface area contributed by atoms with E-state index in [0.717, 1.165) is 18.9 Å². The van der Waals surface area contributed by atoms with Crippen LogP contribution >= 0.6 is 0 Å². The van der Waals surface area contributed by atoms with Gasteiger partial charge in [0, 0.05) is 12.6 Å². The summed E-state index contributed by atoms with van der Waals surface area (Å²) in [5, 5.41) is 12.2. The maximum absolute atomic E-state index is 8.73. The van der Waals surface area contributed by atoms with Gasteiger partial charge in [-0.25, -0.2) is 0 Å². The van der Waals surface area contributed by atoms with Crippen LogP contribution in [-0.4, -0.2) is 24.3 Å². The number of nitrogens with one attached hydrogen (secondary N) is 1. The lowest BCUT2D eigenvalue weighted by molar-refractivity contribution is 0.260. The van der Waals surface area contributed by atoms with Crippen LogP contribution in [0.5, 0.6) is 0 Å². The summed E-state index contributed by atoms with van der Waals surface area (Å²) in [6.45, 7) is 3.61. The first-order chi connectivity index (χ1) is 6.33. The van der Waals surface area contributed by atoms with Crippen molar-refractivity contribution < 1.29 is 5.11 Å². The van der Waals surface area contributed by atoms with E-state index in [0.29, 0.717) is 12.6 Å². The van der Waals surface area contributed by atoms with Gasteiger partial charge in [-0.05, 0) is 38.6 Å². The van der Waals surface area contributed by atoms with Crippen LogP contribution in [0.15, 0.2) is 0 Å². The third-order valence-electron chi connectivity index (χ3n) is 3.04. The van der Waals surface area contributed by atoms with Crippen molar-refractivity contribution in [2.24, 2.45) is 5.92 Å². The second kappa shape index (κ2) is 6.39. The first kappa shape index (κ1) is 11.0. The van der Waals surface area contributed by atoms with E-state index in [-0.39, 0.29) is 0 Å². The van der Waals surface area contributed by atoms with E-state index in [1.54, 1.807) is 0 Å². The number of rotatable bonds is 5. The zero-order valence-corrected chi connectivity index (χ0v) is 8.76. The van der Waals surface area contributed by atoms with Crippen molar-refractivity contribution in [2.75, 3.05) is 13.2 Å². The van der Waals surface area contributed by atoms with E-state index >= 15 is 0 Å². The molecule has 2 heteroatoms. The van der Waals surface area contributed by atoms with Gasteiger partial charge in [0.05, 0.1) is 0 Å². The smallest absolute Gasteiger partial charge is 0.0445 e. The van der Waals surface area contributed by atoms with Crippen LogP contribution in [0.25, 0.3) is 0 Å². The topological polar surface area (TPSA) is 32.3 Å². The summed E-state index contributed by atoms with van der Waals surface area (Å²) >= 11 is 0. The van der Waals surface area contributed by atoms with Crippen molar-refractivity contribution >= 4 is 0 Å². The van der Waals surface area contributed by atoms with Crippen molar-refractivity contribution in [1.29, 1.82) is 0 Å². The second-order valence-corrected chi connectivity index (χ2v) is 4.33. The molecule has 0 unspecified atom stereocenters. The lowest BCUT2D eigenvalue weighted by Gasteiger charge is -2.23. The summed E-state index contributed by atoms with van der Waals surface area (Å²) in [6, 6.07) is 0.479. The van der Waals surface area contributed by atoms with Crippen LogP contribution in [0, 0.1) is 5.92 Å². The van der Waals surface area contributed by atoms with Gasteiger partial charge in [0.2, 0.25) is 0 Å². The van der Waals surface area contributed by atoms with Crippen molar-refractivity contribution in [3.05, 3.63) is 0 Å². The van der Waals surface area contributed by atoms with Gasteiger partial charge in [-0.1, -0.05) is 19.3 Å². The highest BCUT2D eigenvalue weighted by atomic mass is 16.3. The van der Waals surface area contributed by atoms with Crippen LogP contribution in [0.3, 0.4) is 0 Å². The molecule has 0 bridgehead atoms. The summed E-state index contributed by atoms with van der Waals surface area (Å²) in [6.07, 6.45) is 7.95. The fourth-order valence-electron chi connectivity index (χ4n) is 2.05. The Bertz CT molecular complexity index is 121. The molecule has 0 aromatic heterocycles. The number of hydrogen-bond acceptors (Lipinski definition) is 2. The average Bonchev–Trinajstić information content (AvgIpc) is 2.17. The number of aliphatic hydroxyl groups excluding tert-OH is 1. The van der Waals surface area contributed by atoms with Crippen LogP contribution in [0.1, 0.15) is 45.4 Å². The summed E-state index contributed by atoms with van der Waals surface area (Å²) < 4.78 is 0. The van der Waals surface area contributed by atoms with Crippen LogP contribution in [0.4, 0.5) is 0 Å². The fourth-order valence-corrected chi connectivity index (χ4v) is 2.05. The van der Waals surface area contributed by atoms with Crippen molar-refractivity contribution in [3.63, 3.8) is 0 Å². The van der Waals surface area contributed by atoms with E-state index in [2.05, 4.69) is 12.2 Å². The van der Waals surface area contributed by atoms with Gasteiger partial charge in [-0.3, -0.25) is 0 Å². The molecule has 13 heavy (non-hydrogen) atoms. The molecule has 0 aromatic carbocycles. The molecule has 0 aliphatic heterocycles. The normalized spacial score (nSPS) is 21.7. The maximum Gasteiger partial charge on any atom is 0.0445 e. The van der Waals surface area contributed by atoms with Gasteiger partial charge in [0.25, 0.3) is 0 Å². The minimum atomic E-state index is 0.304. The Hall–Kier alpha value is -0.0800. The SMILES string of the molecule is C[C@H](CCO)NCC1CCCCC1. The molecule has 0 saturated heterocycles. The molecular weight excluding hydrogens is 162 g/mol. The third kappa shape index (κ3) is 4.63. The monoisotopic (exact) mass is 185 g/mol. The van der Waals surface area contributed by atoms with E-state index in [9.17, 15) is 0 Å². The zero-order chi connectivity index (χ0) is 9.52. The quantitative estimate of drug-likeness (QED) is 0.686. The molecule has 1 fully saturated rings. The molecule has 0 amide bonds. The number of hydrogen-bond donors (Lipinski definition) is 2. The standard InChI is InChI=1S/C11H23NO/c1-10(7-8-13)12-9-11-5-3-2-4-6-11/h10-13H,2-9H2,1H3/t10-/m1/s1. The molecule has 1 aliphatic carbocycles. The maximum atomic E-state index is 8.73. The van der Waals surface area contributed by atoms with Crippen molar-refractivity contribution in [1.82, 2.24) is 5.32 Å². The highest BCUT2D eigenvalue weighted by Crippen LogP contribution is 2.22. The molecule has 0 radical (unpaired) electrons. The molecule has 2 N–H and O–H groups in total. The Morgan fingerprint density at radius 2 is 2.00 bits per heavy atom. The van der Waals surface area contributed by atoms with Crippen LogP contribution < -0.4 is 5.32 Å². The molecule has 2 nitrogen and oxygen atoms in total. The van der Waals surface area contributed by atoms with Crippen molar-refractivity contribution in [2.45, 2.75) is 51.5 Å². The summed E-state index contributed by atoms with van der Waals surface area (Å²) in [5.74, 6) is 0.898. The molecule has 1 atom stereocenters. The van der Waals surface area contributed by atoms with E-state index in [1.807, 2.05) is 0 Å². The van der Waals surface area contributed by atoms with Crippen LogP contribution in [0.2, 0.25) is 0 Å². The van der Waals surface area contributed by atoms with Crippen LogP contribution in [-0.2, 0) is 0 Å². The highest BCUT2D eigenvalue weighted by molar-refractivity contribution is 4.70. The minimum absolute atomic E-state index is 0.304. The Labute approximate surface area is 81.7 Å². The van der Waals surface area contributed by atoms with Gasteiger partial charge in [0.15, 0.2) is 0 Å². The lowest BCUT2D eigenvalue weighted by atomic mass is 9.89. The molecule has 1 saturated carbocycles. The van der Waals surface area contributed by atoms with Gasteiger partial charge >= 0.3 is 0 Å². The van der Waals surface area contributed by atoms with Gasteiger partial charge in [-0.15, -0.1) is 0 Å². The largest absolute Gasteiger partial charge is 0.396 e. The third-order valence-corrected chi connectivity index (χ3v) is 3.04. The first-order valence-corrected chi connectivity index (χ1v) is 5.67. The molecular formula is C11H23NO. The molecule has 1 rings (SSSR count). The van der Waals surface area contributed by atoms with E-state index < -0.39 is 0 Å². The molecule has 0 heterocycles. The first-order valence-electron chi connectivity index (χ1n) is 5.67. The predicted molar refractivity (Wildman–Crippen MR) is 55.7 cm³/mol. The predicted octanol–water partition coefficient (Wildman–Crippen LogP) is 1.93. The molecule has 0 aromatic rings. The molecule has 1 aliphatic rings. The number of aliphatic hydroxyl groups is 1. The van der Waals surface area contributed by atoms with Crippen molar-refractivity contribution in [3.8, 4) is 0 Å². The Morgan fingerprint density at radius 1 is 1.31 bits per heavy atom. The minimum Gasteiger partial charge on any atom is -0.396 e. The summed E-state index contributed by atoms with van der Waals surface area (Å²) in [7, 11) is 0. The van der Waals surface area contributed by atoms with E-state index in [4.69, 9.17) is 5.11 Å². The zero-order valence-electron chi connectivity index (χ0n) is 8.76. The summed E-state index contributed by atoms with van der Waals surface area (Å²) in [5.41, 5.74) is 0. The fraction of sp³-hybridized carbons (Fsp3) is 1.00. The lowest BCUT2D eigenvalue weighted by Crippen LogP contribution is -2.32. The Morgan fingerprint density at radius 3 is 2.62 bits per heavy atom. The average molecular weight is 185 g/mol. The van der Waals surface area contributed by atoms with Gasteiger partial charge in [0.1, 0.15) is 0 Å². The molecule has 0 spiro atoms. The second-order valence-electron chi connectivity index (χ2n) is 4.33. The van der Waals surface area contributed by atoms with Gasteiger partial charge in [-0.2, -0.15) is 0 Å². The van der Waals surface area contributed by atoms with E-state index in [1.165, 1.54) is 32.1 Å². The Kier molecular flexibility index (Phi) is 5.40.